The summed E-state index contributed by atoms with van der Waals surface area (Å²) in [5.41, 5.74) is 5.89. The second-order valence-electron chi connectivity index (χ2n) is 13.1. The molecule has 0 heterocycles. The minimum Gasteiger partial charge on any atom is -0.456 e. The van der Waals surface area contributed by atoms with E-state index in [1.54, 1.807) is 31.2 Å². The van der Waals surface area contributed by atoms with Gasteiger partial charge in [0.2, 0.25) is 6.10 Å². The van der Waals surface area contributed by atoms with E-state index in [4.69, 9.17) is 9.47 Å². The van der Waals surface area contributed by atoms with Gasteiger partial charge in [0.15, 0.2) is 0 Å². The van der Waals surface area contributed by atoms with Gasteiger partial charge in [0.25, 0.3) is 0 Å². The maximum atomic E-state index is 13.4. The first kappa shape index (κ1) is 39.8. The third-order valence-electron chi connectivity index (χ3n) is 7.83. The molecule has 0 unspecified atom stereocenters. The van der Waals surface area contributed by atoms with Crippen molar-refractivity contribution in [3.8, 4) is 0 Å². The van der Waals surface area contributed by atoms with Crippen LogP contribution in [0.3, 0.4) is 0 Å². The monoisotopic (exact) mass is 620 g/mol. The number of aliphatic hydroxyl groups is 1. The molecule has 0 amide bonds. The zero-order valence-corrected chi connectivity index (χ0v) is 29.6. The molecule has 0 bridgehead atoms. The predicted octanol–water partition coefficient (Wildman–Crippen LogP) is 10.6. The van der Waals surface area contributed by atoms with Crippen LogP contribution >= 0.6 is 0 Å². The van der Waals surface area contributed by atoms with Crippen molar-refractivity contribution >= 4 is 11.9 Å². The minimum atomic E-state index is -1.25. The summed E-state index contributed by atoms with van der Waals surface area (Å²) in [5.74, 6) is -1.25. The quantitative estimate of drug-likeness (QED) is 0.0892. The number of allylic oxidation sites excluding steroid dienone is 10. The highest BCUT2D eigenvalue weighted by Gasteiger charge is 2.37. The Morgan fingerprint density at radius 2 is 1.18 bits per heavy atom. The number of unbranched alkanes of at least 4 members (excludes halogenated alkanes) is 1. The van der Waals surface area contributed by atoms with Gasteiger partial charge in [0.05, 0.1) is 5.60 Å². The second-order valence-corrected chi connectivity index (χ2v) is 13.1. The van der Waals surface area contributed by atoms with Gasteiger partial charge in [0, 0.05) is 12.5 Å². The van der Waals surface area contributed by atoms with Crippen LogP contribution in [-0.2, 0) is 19.1 Å². The summed E-state index contributed by atoms with van der Waals surface area (Å²) in [6, 6.07) is 8.85. The van der Waals surface area contributed by atoms with Gasteiger partial charge >= 0.3 is 11.9 Å². The van der Waals surface area contributed by atoms with Crippen LogP contribution in [0.1, 0.15) is 138 Å². The Kier molecular flexibility index (Phi) is 19.1. The Balaban J connectivity index is 2.83. The fourth-order valence-corrected chi connectivity index (χ4v) is 5.02. The van der Waals surface area contributed by atoms with Crippen LogP contribution in [0.4, 0.5) is 0 Å². The van der Waals surface area contributed by atoms with E-state index in [1.807, 2.05) is 19.9 Å². The van der Waals surface area contributed by atoms with Crippen molar-refractivity contribution in [2.45, 2.75) is 144 Å². The van der Waals surface area contributed by atoms with E-state index in [1.165, 1.54) is 34.8 Å². The summed E-state index contributed by atoms with van der Waals surface area (Å²) in [4.78, 5) is 25.2. The molecule has 0 fully saturated rings. The molecule has 0 spiro atoms. The molecule has 45 heavy (non-hydrogen) atoms. The lowest BCUT2D eigenvalue weighted by atomic mass is 9.88. The molecule has 1 aromatic carbocycles. The molecule has 0 aromatic heterocycles. The van der Waals surface area contributed by atoms with Crippen LogP contribution in [-0.4, -0.2) is 28.8 Å². The SMILES string of the molecule is CC(=O)O[C@H](C(=O)O[C@H](CC/C(C)=C/CC/C=C(\C)CC/C=C(\C)CCC=C(C)C)[C@@](C)(O)CCC=C(C)C)c1ccccc1. The molecule has 1 rings (SSSR count). The number of benzene rings is 1. The molecule has 250 valence electrons. The average molecular weight is 621 g/mol. The predicted molar refractivity (Wildman–Crippen MR) is 188 cm³/mol. The molecule has 5 heteroatoms. The number of hydrogen-bond donors (Lipinski definition) is 1. The molecule has 0 saturated carbocycles. The summed E-state index contributed by atoms with van der Waals surface area (Å²) in [7, 11) is 0. The highest BCUT2D eigenvalue weighted by atomic mass is 16.6. The van der Waals surface area contributed by atoms with E-state index >= 15 is 0 Å². The molecule has 0 aliphatic carbocycles. The minimum absolute atomic E-state index is 0.441. The summed E-state index contributed by atoms with van der Waals surface area (Å²) in [5, 5.41) is 11.5. The van der Waals surface area contributed by atoms with Crippen LogP contribution in [0.2, 0.25) is 0 Å². The maximum Gasteiger partial charge on any atom is 0.352 e. The molecule has 0 saturated heterocycles. The molecular weight excluding hydrogens is 560 g/mol. The Labute approximate surface area is 274 Å². The number of hydrogen-bond acceptors (Lipinski definition) is 5. The highest BCUT2D eigenvalue weighted by Crippen LogP contribution is 2.29. The van der Waals surface area contributed by atoms with E-state index in [0.717, 1.165) is 38.5 Å². The molecule has 0 radical (unpaired) electrons. The lowest BCUT2D eigenvalue weighted by Gasteiger charge is -2.33. The van der Waals surface area contributed by atoms with Crippen LogP contribution in [0.5, 0.6) is 0 Å². The van der Waals surface area contributed by atoms with Crippen LogP contribution in [0.15, 0.2) is 88.6 Å². The number of ether oxygens (including phenoxy) is 2. The normalized spacial score (nSPS) is 15.0. The number of rotatable bonds is 20. The Hall–Kier alpha value is -3.18. The molecule has 1 aromatic rings. The average Bonchev–Trinajstić information content (AvgIpc) is 2.95. The summed E-state index contributed by atoms with van der Waals surface area (Å²) in [6.45, 7) is 17.8. The van der Waals surface area contributed by atoms with Crippen LogP contribution < -0.4 is 0 Å². The summed E-state index contributed by atoms with van der Waals surface area (Å²) in [6.07, 6.45) is 17.9. The van der Waals surface area contributed by atoms with E-state index in [0.29, 0.717) is 31.2 Å². The smallest absolute Gasteiger partial charge is 0.352 e. The third kappa shape index (κ3) is 18.4. The van der Waals surface area contributed by atoms with Crippen molar-refractivity contribution in [2.24, 2.45) is 0 Å². The first-order valence-electron chi connectivity index (χ1n) is 16.6. The first-order chi connectivity index (χ1) is 21.2. The highest BCUT2D eigenvalue weighted by molar-refractivity contribution is 5.80. The molecule has 5 nitrogen and oxygen atoms in total. The molecule has 0 aliphatic rings. The second kappa shape index (κ2) is 21.5. The molecule has 0 aliphatic heterocycles. The zero-order valence-electron chi connectivity index (χ0n) is 29.6. The largest absolute Gasteiger partial charge is 0.456 e. The van der Waals surface area contributed by atoms with Gasteiger partial charge in [-0.1, -0.05) is 88.6 Å². The standard InChI is InChI=1S/C40H60O5/c1-30(2)18-15-22-33(6)24-16-23-32(5)20-13-14-21-34(7)27-28-37(40(9,43)29-17-19-31(3)4)45-39(42)38(44-35(8)41)36-25-11-10-12-26-36/h10-12,18-21,24-26,37-38,43H,13-17,22-23,27-29H2,1-9H3/b32-20+,33-24+,34-21+/t37-,38+,40+/m1/s1. The van der Waals surface area contributed by atoms with Gasteiger partial charge < -0.3 is 14.6 Å². The van der Waals surface area contributed by atoms with Gasteiger partial charge in [-0.05, 0) is 120 Å². The summed E-state index contributed by atoms with van der Waals surface area (Å²) >= 11 is 0. The Morgan fingerprint density at radius 3 is 1.71 bits per heavy atom. The van der Waals surface area contributed by atoms with Crippen LogP contribution in [0.25, 0.3) is 0 Å². The molecular formula is C40H60O5. The Morgan fingerprint density at radius 1 is 0.689 bits per heavy atom. The van der Waals surface area contributed by atoms with Crippen molar-refractivity contribution in [3.05, 3.63) is 94.1 Å². The molecule has 1 N–H and O–H groups in total. The van der Waals surface area contributed by atoms with Gasteiger partial charge in [-0.25, -0.2) is 4.79 Å². The van der Waals surface area contributed by atoms with Gasteiger partial charge in [-0.2, -0.15) is 0 Å². The van der Waals surface area contributed by atoms with E-state index in [-0.39, 0.29) is 0 Å². The van der Waals surface area contributed by atoms with Gasteiger partial charge in [0.1, 0.15) is 6.10 Å². The third-order valence-corrected chi connectivity index (χ3v) is 7.83. The van der Waals surface area contributed by atoms with Gasteiger partial charge in [-0.15, -0.1) is 0 Å². The lowest BCUT2D eigenvalue weighted by molar-refractivity contribution is -0.182. The fourth-order valence-electron chi connectivity index (χ4n) is 5.02. The number of carbonyl (C=O) groups excluding carboxylic acids is 2. The van der Waals surface area contributed by atoms with E-state index < -0.39 is 29.7 Å². The molecule has 3 atom stereocenters. The van der Waals surface area contributed by atoms with E-state index in [2.05, 4.69) is 65.0 Å². The Bertz CT molecular complexity index is 1190. The summed E-state index contributed by atoms with van der Waals surface area (Å²) < 4.78 is 11.3. The van der Waals surface area contributed by atoms with Gasteiger partial charge in [-0.3, -0.25) is 4.79 Å². The van der Waals surface area contributed by atoms with Crippen molar-refractivity contribution < 1.29 is 24.2 Å². The lowest BCUT2D eigenvalue weighted by Crippen LogP contribution is -2.43. The van der Waals surface area contributed by atoms with Crippen molar-refractivity contribution in [2.75, 3.05) is 0 Å². The number of carbonyl (C=O) groups is 2. The van der Waals surface area contributed by atoms with Crippen molar-refractivity contribution in [1.82, 2.24) is 0 Å². The van der Waals surface area contributed by atoms with Crippen molar-refractivity contribution in [3.63, 3.8) is 0 Å². The number of esters is 2. The fraction of sp³-hybridized carbons (Fsp3) is 0.550. The van der Waals surface area contributed by atoms with Crippen LogP contribution in [0, 0.1) is 0 Å². The maximum absolute atomic E-state index is 13.4. The van der Waals surface area contributed by atoms with Crippen molar-refractivity contribution in [1.29, 1.82) is 0 Å². The topological polar surface area (TPSA) is 72.8 Å². The first-order valence-corrected chi connectivity index (χ1v) is 16.6. The zero-order chi connectivity index (χ0) is 33.8. The van der Waals surface area contributed by atoms with E-state index in [9.17, 15) is 14.7 Å².